The molecule has 1 aliphatic rings. The van der Waals surface area contributed by atoms with Gasteiger partial charge in [0.1, 0.15) is 5.54 Å². The fraction of sp³-hybridized carbons (Fsp3) is 0.917. The first-order valence-electron chi connectivity index (χ1n) is 6.27. The first-order chi connectivity index (χ1) is 8.77. The Balaban J connectivity index is 2.30. The van der Waals surface area contributed by atoms with Crippen LogP contribution >= 0.6 is 0 Å². The normalized spacial score (nSPS) is 19.0. The van der Waals surface area contributed by atoms with Crippen molar-refractivity contribution in [2.24, 2.45) is 0 Å². The fourth-order valence-electron chi connectivity index (χ4n) is 1.70. The van der Waals surface area contributed by atoms with E-state index in [2.05, 4.69) is 5.32 Å². The van der Waals surface area contributed by atoms with Crippen LogP contribution in [0.4, 0.5) is 13.2 Å². The molecule has 0 bridgehead atoms. The van der Waals surface area contributed by atoms with Gasteiger partial charge < -0.3 is 9.47 Å². The topological polar surface area (TPSA) is 47.6 Å². The van der Waals surface area contributed by atoms with Gasteiger partial charge in [-0.1, -0.05) is 0 Å². The Morgan fingerprint density at radius 1 is 1.26 bits per heavy atom. The molecule has 1 fully saturated rings. The molecule has 0 aromatic carbocycles. The molecular formula is C12H20F3NO3. The predicted molar refractivity (Wildman–Crippen MR) is 62.7 cm³/mol. The third-order valence-electron chi connectivity index (χ3n) is 3.01. The van der Waals surface area contributed by atoms with Gasteiger partial charge in [-0.2, -0.15) is 13.2 Å². The lowest BCUT2D eigenvalue weighted by Gasteiger charge is -2.28. The van der Waals surface area contributed by atoms with Crippen molar-refractivity contribution in [1.82, 2.24) is 5.32 Å². The highest BCUT2D eigenvalue weighted by Gasteiger charge is 2.39. The Hall–Kier alpha value is -0.820. The van der Waals surface area contributed by atoms with E-state index >= 15 is 0 Å². The van der Waals surface area contributed by atoms with Gasteiger partial charge in [-0.3, -0.25) is 10.1 Å². The molecule has 0 aliphatic heterocycles. The van der Waals surface area contributed by atoms with Gasteiger partial charge in [-0.15, -0.1) is 0 Å². The van der Waals surface area contributed by atoms with E-state index in [1.165, 1.54) is 7.11 Å². The van der Waals surface area contributed by atoms with Crippen LogP contribution in [-0.2, 0) is 14.3 Å². The second-order valence-electron chi connectivity index (χ2n) is 4.97. The quantitative estimate of drug-likeness (QED) is 0.547. The lowest BCUT2D eigenvalue weighted by Crippen LogP contribution is -2.52. The summed E-state index contributed by atoms with van der Waals surface area (Å²) in [5.41, 5.74) is -0.895. The van der Waals surface area contributed by atoms with Gasteiger partial charge in [0.15, 0.2) is 0 Å². The van der Waals surface area contributed by atoms with Crippen LogP contribution < -0.4 is 5.32 Å². The van der Waals surface area contributed by atoms with E-state index in [0.29, 0.717) is 6.04 Å². The summed E-state index contributed by atoms with van der Waals surface area (Å²) in [6.07, 6.45) is -2.90. The summed E-state index contributed by atoms with van der Waals surface area (Å²) in [6, 6.07) is 0.291. The number of halogens is 3. The summed E-state index contributed by atoms with van der Waals surface area (Å²) in [7, 11) is 1.29. The number of carbonyl (C=O) groups excluding carboxylic acids is 1. The molecule has 0 aromatic heterocycles. The van der Waals surface area contributed by atoms with E-state index in [-0.39, 0.29) is 19.6 Å². The smallest absolute Gasteiger partial charge is 0.391 e. The first-order valence-corrected chi connectivity index (χ1v) is 6.27. The largest absolute Gasteiger partial charge is 0.468 e. The Morgan fingerprint density at radius 3 is 2.32 bits per heavy atom. The second-order valence-corrected chi connectivity index (χ2v) is 4.97. The minimum atomic E-state index is -4.21. The molecular weight excluding hydrogens is 263 g/mol. The lowest BCUT2D eigenvalue weighted by atomic mass is 9.98. The molecule has 112 valence electrons. The number of methoxy groups -OCH3 is 1. The first kappa shape index (κ1) is 16.2. The van der Waals surface area contributed by atoms with E-state index < -0.39 is 24.1 Å². The van der Waals surface area contributed by atoms with Crippen LogP contribution in [0.5, 0.6) is 0 Å². The van der Waals surface area contributed by atoms with E-state index in [9.17, 15) is 18.0 Å². The summed E-state index contributed by atoms with van der Waals surface area (Å²) in [5, 5.41) is 3.15. The maximum Gasteiger partial charge on any atom is 0.391 e. The van der Waals surface area contributed by atoms with E-state index in [1.807, 2.05) is 0 Å². The van der Waals surface area contributed by atoms with Crippen molar-refractivity contribution in [3.63, 3.8) is 0 Å². The van der Waals surface area contributed by atoms with Crippen molar-refractivity contribution in [2.45, 2.75) is 50.4 Å². The summed E-state index contributed by atoms with van der Waals surface area (Å²) in [5.74, 6) is -0.418. The van der Waals surface area contributed by atoms with Gasteiger partial charge in [0.25, 0.3) is 0 Å². The van der Waals surface area contributed by atoms with Crippen molar-refractivity contribution in [1.29, 1.82) is 0 Å². The monoisotopic (exact) mass is 283 g/mol. The average molecular weight is 283 g/mol. The zero-order valence-corrected chi connectivity index (χ0v) is 11.2. The van der Waals surface area contributed by atoms with Crippen LogP contribution in [0.2, 0.25) is 0 Å². The highest BCUT2D eigenvalue weighted by Crippen LogP contribution is 2.25. The fourth-order valence-corrected chi connectivity index (χ4v) is 1.70. The molecule has 0 spiro atoms. The minimum absolute atomic E-state index is 0.0847. The Morgan fingerprint density at radius 2 is 1.84 bits per heavy atom. The number of hydrogen-bond donors (Lipinski definition) is 1. The Bertz CT molecular complexity index is 305. The zero-order chi connectivity index (χ0) is 14.5. The Labute approximate surface area is 110 Å². The number of hydrogen-bond acceptors (Lipinski definition) is 4. The van der Waals surface area contributed by atoms with Gasteiger partial charge >= 0.3 is 12.1 Å². The van der Waals surface area contributed by atoms with Crippen LogP contribution in [0.15, 0.2) is 0 Å². The average Bonchev–Trinajstić information content (AvgIpc) is 3.09. The van der Waals surface area contributed by atoms with E-state index in [0.717, 1.165) is 12.8 Å². The molecule has 19 heavy (non-hydrogen) atoms. The minimum Gasteiger partial charge on any atom is -0.468 e. The highest BCUT2D eigenvalue weighted by molar-refractivity contribution is 5.80. The van der Waals surface area contributed by atoms with Crippen LogP contribution in [0.25, 0.3) is 0 Å². The van der Waals surface area contributed by atoms with Gasteiger partial charge in [0, 0.05) is 12.6 Å². The van der Waals surface area contributed by atoms with Crippen molar-refractivity contribution in [2.75, 3.05) is 20.3 Å². The molecule has 0 saturated heterocycles. The molecule has 1 unspecified atom stereocenters. The van der Waals surface area contributed by atoms with Gasteiger partial charge in [-0.05, 0) is 26.2 Å². The summed E-state index contributed by atoms with van der Waals surface area (Å²) < 4.78 is 45.4. The van der Waals surface area contributed by atoms with Crippen molar-refractivity contribution in [3.05, 3.63) is 0 Å². The summed E-state index contributed by atoms with van der Waals surface area (Å²) >= 11 is 0. The van der Waals surface area contributed by atoms with Gasteiger partial charge in [0.05, 0.1) is 20.1 Å². The van der Waals surface area contributed by atoms with Crippen LogP contribution in [-0.4, -0.2) is 44.0 Å². The molecule has 1 atom stereocenters. The maximum absolute atomic E-state index is 11.9. The molecule has 1 saturated carbocycles. The van der Waals surface area contributed by atoms with Crippen molar-refractivity contribution in [3.8, 4) is 0 Å². The van der Waals surface area contributed by atoms with E-state index in [4.69, 9.17) is 9.47 Å². The number of esters is 1. The zero-order valence-electron chi connectivity index (χ0n) is 11.2. The number of ether oxygens (including phenoxy) is 2. The third kappa shape index (κ3) is 6.24. The molecule has 0 heterocycles. The van der Waals surface area contributed by atoms with Crippen LogP contribution in [0, 0.1) is 0 Å². The lowest BCUT2D eigenvalue weighted by molar-refractivity contribution is -0.151. The van der Waals surface area contributed by atoms with Crippen LogP contribution in [0.3, 0.4) is 0 Å². The molecule has 1 aliphatic carbocycles. The third-order valence-corrected chi connectivity index (χ3v) is 3.01. The number of rotatable bonds is 8. The summed E-state index contributed by atoms with van der Waals surface area (Å²) in [4.78, 5) is 11.7. The Kier molecular flexibility index (Phi) is 5.61. The molecule has 4 nitrogen and oxygen atoms in total. The van der Waals surface area contributed by atoms with Crippen molar-refractivity contribution >= 4 is 5.97 Å². The standard InChI is InChI=1S/C12H20F3NO3/c1-11(10(17)18-2,16-9-3-4-9)5-7-19-8-6-12(13,14)15/h9,16H,3-8H2,1-2H3. The molecule has 0 amide bonds. The molecule has 1 N–H and O–H groups in total. The van der Waals surface area contributed by atoms with Crippen molar-refractivity contribution < 1.29 is 27.4 Å². The highest BCUT2D eigenvalue weighted by atomic mass is 19.4. The van der Waals surface area contributed by atoms with Gasteiger partial charge in [-0.25, -0.2) is 0 Å². The molecule has 7 heteroatoms. The molecule has 1 rings (SSSR count). The van der Waals surface area contributed by atoms with Crippen LogP contribution in [0.1, 0.15) is 32.6 Å². The van der Waals surface area contributed by atoms with Gasteiger partial charge in [0.2, 0.25) is 0 Å². The second kappa shape index (κ2) is 6.56. The molecule has 0 radical (unpaired) electrons. The number of nitrogens with one attached hydrogen (secondary N) is 1. The van der Waals surface area contributed by atoms with E-state index in [1.54, 1.807) is 6.92 Å². The number of carbonyl (C=O) groups is 1. The predicted octanol–water partition coefficient (Wildman–Crippen LogP) is 2.03. The molecule has 0 aromatic rings. The summed E-state index contributed by atoms with van der Waals surface area (Å²) in [6.45, 7) is 1.38. The SMILES string of the molecule is COC(=O)C(C)(CCOCCC(F)(F)F)NC1CC1. The number of alkyl halides is 3. The maximum atomic E-state index is 11.9.